The molecule has 1 fully saturated rings. The fourth-order valence-corrected chi connectivity index (χ4v) is 0.946. The van der Waals surface area contributed by atoms with Crippen molar-refractivity contribution in [2.75, 3.05) is 7.05 Å². The van der Waals surface area contributed by atoms with Gasteiger partial charge in [0.2, 0.25) is 11.8 Å². The number of rotatable bonds is 0. The summed E-state index contributed by atoms with van der Waals surface area (Å²) in [5.74, 6) is -1.02. The molecule has 0 aromatic heterocycles. The fourth-order valence-electron chi connectivity index (χ4n) is 0.946. The van der Waals surface area contributed by atoms with Crippen molar-refractivity contribution < 1.29 is 14.4 Å². The molecule has 0 bridgehead atoms. The maximum Gasteiger partial charge on any atom is 0.330 e. The number of hydrogen-bond donors (Lipinski definition) is 1. The highest BCUT2D eigenvalue weighted by Crippen LogP contribution is 2.21. The molecule has 1 heterocycles. The van der Waals surface area contributed by atoms with Crippen LogP contribution in [0, 0.1) is 5.41 Å². The zero-order valence-electron chi connectivity index (χ0n) is 7.17. The number of amides is 4. The van der Waals surface area contributed by atoms with Gasteiger partial charge in [-0.05, 0) is 13.8 Å². The van der Waals surface area contributed by atoms with Crippen molar-refractivity contribution >= 4 is 17.8 Å². The van der Waals surface area contributed by atoms with Crippen molar-refractivity contribution in [3.8, 4) is 0 Å². The molecule has 0 spiro atoms. The normalized spacial score (nSPS) is 19.4. The van der Waals surface area contributed by atoms with E-state index in [-0.39, 0.29) is 14.9 Å². The molecular weight excluding hydrogens is 184 g/mol. The minimum atomic E-state index is -1.14. The second-order valence-electron chi connectivity index (χ2n) is 3.25. The molecule has 0 saturated carbocycles. The summed E-state index contributed by atoms with van der Waals surface area (Å²) in [6, 6.07) is -0.663. The molecule has 14 heavy (non-hydrogen) atoms. The Kier molecular flexibility index (Phi) is 4.55. The highest BCUT2D eigenvalue weighted by Gasteiger charge is 2.45. The minimum Gasteiger partial charge on any atom is -0.277 e. The smallest absolute Gasteiger partial charge is 0.277 e. The van der Waals surface area contributed by atoms with Gasteiger partial charge in [0.25, 0.3) is 0 Å². The third kappa shape index (κ3) is 1.92. The fraction of sp³-hybridized carbons (Fsp3) is 0.667. The van der Waals surface area contributed by atoms with Crippen LogP contribution in [0.4, 0.5) is 4.79 Å². The van der Waals surface area contributed by atoms with Gasteiger partial charge in [0.1, 0.15) is 5.41 Å². The summed E-state index contributed by atoms with van der Waals surface area (Å²) in [4.78, 5) is 34.2. The number of hydrogen-bond acceptors (Lipinski definition) is 3. The molecule has 1 rings (SSSR count). The predicted molar refractivity (Wildman–Crippen MR) is 53.6 cm³/mol. The summed E-state index contributed by atoms with van der Waals surface area (Å²) in [6.45, 7) is 2.96. The number of urea groups is 1. The zero-order chi connectivity index (χ0) is 9.52. The Hall–Kier alpha value is -1.39. The van der Waals surface area contributed by atoms with Crippen LogP contribution < -0.4 is 5.32 Å². The second kappa shape index (κ2) is 4.21. The lowest BCUT2D eigenvalue weighted by molar-refractivity contribution is -0.148. The molecule has 0 radical (unpaired) electrons. The van der Waals surface area contributed by atoms with E-state index in [0.29, 0.717) is 0 Å². The largest absolute Gasteiger partial charge is 0.330 e. The lowest BCUT2D eigenvalue weighted by Gasteiger charge is -2.31. The van der Waals surface area contributed by atoms with E-state index in [1.54, 1.807) is 0 Å². The lowest BCUT2D eigenvalue weighted by Crippen LogP contribution is -2.60. The molecule has 1 saturated heterocycles. The van der Waals surface area contributed by atoms with Crippen molar-refractivity contribution in [1.82, 2.24) is 10.2 Å². The maximum atomic E-state index is 11.3. The zero-order valence-corrected chi connectivity index (χ0v) is 7.17. The molecule has 1 aliphatic heterocycles. The van der Waals surface area contributed by atoms with Gasteiger partial charge >= 0.3 is 6.03 Å². The van der Waals surface area contributed by atoms with Gasteiger partial charge in [0, 0.05) is 7.05 Å². The molecule has 1 N–H and O–H groups in total. The van der Waals surface area contributed by atoms with E-state index < -0.39 is 23.3 Å². The van der Waals surface area contributed by atoms with Crippen molar-refractivity contribution in [3.05, 3.63) is 0 Å². The summed E-state index contributed by atoms with van der Waals surface area (Å²) >= 11 is 0. The molecule has 82 valence electrons. The summed E-state index contributed by atoms with van der Waals surface area (Å²) in [6.07, 6.45) is 0. The van der Waals surface area contributed by atoms with E-state index in [1.165, 1.54) is 20.9 Å². The average Bonchev–Trinajstić information content (AvgIpc) is 1.99. The summed E-state index contributed by atoms with van der Waals surface area (Å²) < 4.78 is 0. The Labute approximate surface area is 84.5 Å². The van der Waals surface area contributed by atoms with Crippen LogP contribution in [0.1, 0.15) is 28.7 Å². The Morgan fingerprint density at radius 1 is 1.14 bits per heavy atom. The lowest BCUT2D eigenvalue weighted by atomic mass is 9.89. The molecule has 4 amide bonds. The quantitative estimate of drug-likeness (QED) is 0.596. The number of imide groups is 2. The van der Waals surface area contributed by atoms with E-state index in [1.807, 2.05) is 0 Å². The Morgan fingerprint density at radius 3 is 2.00 bits per heavy atom. The van der Waals surface area contributed by atoms with Crippen LogP contribution in [0.15, 0.2) is 0 Å². The van der Waals surface area contributed by atoms with Crippen LogP contribution in [-0.2, 0) is 9.59 Å². The van der Waals surface area contributed by atoms with Gasteiger partial charge in [-0.3, -0.25) is 19.8 Å². The topological polar surface area (TPSA) is 66.5 Å². The van der Waals surface area contributed by atoms with E-state index >= 15 is 0 Å². The van der Waals surface area contributed by atoms with Gasteiger partial charge in [-0.1, -0.05) is 14.9 Å². The molecule has 5 heteroatoms. The van der Waals surface area contributed by atoms with Gasteiger partial charge in [0.05, 0.1) is 0 Å². The summed E-state index contributed by atoms with van der Waals surface area (Å²) in [5, 5.41) is 2.08. The first-order chi connectivity index (χ1) is 5.37. The van der Waals surface area contributed by atoms with Gasteiger partial charge in [-0.15, -0.1) is 0 Å². The molecule has 5 nitrogen and oxygen atoms in total. The first kappa shape index (κ1) is 15.1. The van der Waals surface area contributed by atoms with E-state index in [0.717, 1.165) is 4.90 Å². The summed E-state index contributed by atoms with van der Waals surface area (Å²) in [7, 11) is 1.34. The SMILES string of the molecule is C.C.CN1C(=O)NC(=O)C(C)(C)C1=O. The van der Waals surface area contributed by atoms with Crippen LogP contribution in [0.2, 0.25) is 0 Å². The van der Waals surface area contributed by atoms with Crippen molar-refractivity contribution in [2.24, 2.45) is 5.41 Å². The van der Waals surface area contributed by atoms with Gasteiger partial charge in [-0.2, -0.15) is 0 Å². The van der Waals surface area contributed by atoms with Crippen LogP contribution in [0.25, 0.3) is 0 Å². The molecule has 0 aromatic rings. The Morgan fingerprint density at radius 2 is 1.57 bits per heavy atom. The first-order valence-corrected chi connectivity index (χ1v) is 3.51. The van der Waals surface area contributed by atoms with Crippen LogP contribution in [-0.4, -0.2) is 29.8 Å². The molecular formula is C9H18N2O3. The van der Waals surface area contributed by atoms with Crippen LogP contribution >= 0.6 is 0 Å². The van der Waals surface area contributed by atoms with Gasteiger partial charge in [0.15, 0.2) is 0 Å². The number of carbonyl (C=O) groups is 3. The summed E-state index contributed by atoms with van der Waals surface area (Å²) in [5.41, 5.74) is -1.14. The number of nitrogens with zero attached hydrogens (tertiary/aromatic N) is 1. The Balaban J connectivity index is 0. The van der Waals surface area contributed by atoms with E-state index in [9.17, 15) is 14.4 Å². The maximum absolute atomic E-state index is 11.3. The van der Waals surface area contributed by atoms with Crippen molar-refractivity contribution in [1.29, 1.82) is 0 Å². The number of barbiturate groups is 1. The van der Waals surface area contributed by atoms with Gasteiger partial charge in [-0.25, -0.2) is 4.79 Å². The monoisotopic (exact) mass is 202 g/mol. The molecule has 0 unspecified atom stereocenters. The standard InChI is InChI=1S/C7H10N2O3.2CH4/c1-7(2)4(10)8-6(12)9(3)5(7)11;;/h1-3H3,(H,8,10,12);2*1H4. The van der Waals surface area contributed by atoms with Crippen molar-refractivity contribution in [2.45, 2.75) is 28.7 Å². The highest BCUT2D eigenvalue weighted by molar-refractivity contribution is 6.18. The molecule has 0 aromatic carbocycles. The third-order valence-corrected chi connectivity index (χ3v) is 1.93. The predicted octanol–water partition coefficient (Wildman–Crippen LogP) is 0.993. The molecule has 1 aliphatic rings. The van der Waals surface area contributed by atoms with Crippen molar-refractivity contribution in [3.63, 3.8) is 0 Å². The van der Waals surface area contributed by atoms with Crippen LogP contribution in [0.3, 0.4) is 0 Å². The Bertz CT molecular complexity index is 271. The molecule has 0 atom stereocenters. The minimum absolute atomic E-state index is 0. The van der Waals surface area contributed by atoms with Crippen LogP contribution in [0.5, 0.6) is 0 Å². The first-order valence-electron chi connectivity index (χ1n) is 3.51. The second-order valence-corrected chi connectivity index (χ2v) is 3.25. The highest BCUT2D eigenvalue weighted by atomic mass is 16.2. The number of carbonyl (C=O) groups excluding carboxylic acids is 3. The van der Waals surface area contributed by atoms with E-state index in [4.69, 9.17) is 0 Å². The van der Waals surface area contributed by atoms with Gasteiger partial charge < -0.3 is 0 Å². The molecule has 0 aliphatic carbocycles. The number of nitrogens with one attached hydrogen (secondary N) is 1. The van der Waals surface area contributed by atoms with E-state index in [2.05, 4.69) is 5.32 Å². The third-order valence-electron chi connectivity index (χ3n) is 1.93. The average molecular weight is 202 g/mol.